The number of nitrogen functional groups attached to an aromatic ring is 1. The number of hydrogen-bond donors (Lipinski definition) is 1. The van der Waals surface area contributed by atoms with Gasteiger partial charge < -0.3 is 10.5 Å². The molecule has 1 atom stereocenters. The lowest BCUT2D eigenvalue weighted by Gasteiger charge is -2.15. The molecule has 0 spiro atoms. The third kappa shape index (κ3) is 3.37. The molecule has 106 valence electrons. The van der Waals surface area contributed by atoms with Crippen LogP contribution in [-0.2, 0) is 6.18 Å². The number of alkyl halides is 3. The number of hydrogen-bond acceptors (Lipinski definition) is 4. The van der Waals surface area contributed by atoms with Gasteiger partial charge in [-0.3, -0.25) is 0 Å². The monoisotopic (exact) mass is 283 g/mol. The average molecular weight is 283 g/mol. The Balaban J connectivity index is 2.24. The summed E-state index contributed by atoms with van der Waals surface area (Å²) in [5.41, 5.74) is 6.16. The SMILES string of the molecule is CC(Oc1cc(N)nc(C(F)(F)F)n1)c1ccccc1. The molecule has 2 rings (SSSR count). The van der Waals surface area contributed by atoms with Crippen LogP contribution in [0.3, 0.4) is 0 Å². The summed E-state index contributed by atoms with van der Waals surface area (Å²) < 4.78 is 43.1. The lowest BCUT2D eigenvalue weighted by molar-refractivity contribution is -0.145. The van der Waals surface area contributed by atoms with Gasteiger partial charge in [-0.25, -0.2) is 4.98 Å². The number of nitrogens with zero attached hydrogens (tertiary/aromatic N) is 2. The van der Waals surface area contributed by atoms with Gasteiger partial charge in [0.05, 0.1) is 0 Å². The lowest BCUT2D eigenvalue weighted by atomic mass is 10.1. The molecule has 1 unspecified atom stereocenters. The van der Waals surface area contributed by atoms with Gasteiger partial charge in [-0.05, 0) is 12.5 Å². The highest BCUT2D eigenvalue weighted by atomic mass is 19.4. The highest BCUT2D eigenvalue weighted by Gasteiger charge is 2.35. The molecule has 0 aliphatic carbocycles. The van der Waals surface area contributed by atoms with Gasteiger partial charge in [0.15, 0.2) is 0 Å². The van der Waals surface area contributed by atoms with Crippen LogP contribution in [0.1, 0.15) is 24.4 Å². The first-order valence-corrected chi connectivity index (χ1v) is 5.79. The van der Waals surface area contributed by atoms with Crippen LogP contribution in [0.2, 0.25) is 0 Å². The van der Waals surface area contributed by atoms with Gasteiger partial charge in [0.2, 0.25) is 11.7 Å². The van der Waals surface area contributed by atoms with Gasteiger partial charge in [0.1, 0.15) is 11.9 Å². The predicted octanol–water partition coefficient (Wildman–Crippen LogP) is 3.22. The smallest absolute Gasteiger partial charge is 0.451 e. The summed E-state index contributed by atoms with van der Waals surface area (Å²) in [6, 6.07) is 10.2. The Morgan fingerprint density at radius 2 is 1.80 bits per heavy atom. The quantitative estimate of drug-likeness (QED) is 0.939. The number of nitrogens with two attached hydrogens (primary N) is 1. The van der Waals surface area contributed by atoms with Crippen molar-refractivity contribution in [3.8, 4) is 5.88 Å². The molecule has 0 aliphatic rings. The van der Waals surface area contributed by atoms with Crippen LogP contribution in [0.25, 0.3) is 0 Å². The van der Waals surface area contributed by atoms with Crippen molar-refractivity contribution in [2.75, 3.05) is 5.73 Å². The third-order valence-electron chi connectivity index (χ3n) is 2.54. The fourth-order valence-corrected chi connectivity index (χ4v) is 1.60. The van der Waals surface area contributed by atoms with Gasteiger partial charge >= 0.3 is 6.18 Å². The van der Waals surface area contributed by atoms with Gasteiger partial charge in [0.25, 0.3) is 0 Å². The summed E-state index contributed by atoms with van der Waals surface area (Å²) in [7, 11) is 0. The average Bonchev–Trinajstić information content (AvgIpc) is 2.38. The largest absolute Gasteiger partial charge is 0.470 e. The van der Waals surface area contributed by atoms with E-state index in [-0.39, 0.29) is 11.7 Å². The van der Waals surface area contributed by atoms with Crippen molar-refractivity contribution < 1.29 is 17.9 Å². The summed E-state index contributed by atoms with van der Waals surface area (Å²) in [5.74, 6) is -1.81. The molecule has 2 N–H and O–H groups in total. The summed E-state index contributed by atoms with van der Waals surface area (Å²) in [6.07, 6.45) is -5.12. The number of anilines is 1. The number of benzene rings is 1. The summed E-state index contributed by atoms with van der Waals surface area (Å²) in [4.78, 5) is 6.48. The second kappa shape index (κ2) is 5.36. The van der Waals surface area contributed by atoms with E-state index in [1.807, 2.05) is 18.2 Å². The molecule has 1 aromatic carbocycles. The number of halogens is 3. The Bertz CT molecular complexity index is 587. The molecule has 0 aliphatic heterocycles. The van der Waals surface area contributed by atoms with E-state index in [4.69, 9.17) is 10.5 Å². The van der Waals surface area contributed by atoms with E-state index in [0.29, 0.717) is 0 Å². The van der Waals surface area contributed by atoms with E-state index < -0.39 is 18.1 Å². The molecule has 0 bridgehead atoms. The second-order valence-corrected chi connectivity index (χ2v) is 4.12. The van der Waals surface area contributed by atoms with Crippen LogP contribution >= 0.6 is 0 Å². The van der Waals surface area contributed by atoms with Crippen LogP contribution in [0.15, 0.2) is 36.4 Å². The van der Waals surface area contributed by atoms with E-state index >= 15 is 0 Å². The lowest BCUT2D eigenvalue weighted by Crippen LogP contribution is -2.14. The van der Waals surface area contributed by atoms with Crippen molar-refractivity contribution in [3.63, 3.8) is 0 Å². The Labute approximate surface area is 113 Å². The maximum Gasteiger partial charge on any atom is 0.451 e. The second-order valence-electron chi connectivity index (χ2n) is 4.12. The topological polar surface area (TPSA) is 61.0 Å². The fourth-order valence-electron chi connectivity index (χ4n) is 1.60. The summed E-state index contributed by atoms with van der Waals surface area (Å²) >= 11 is 0. The maximum atomic E-state index is 12.6. The molecule has 1 aromatic heterocycles. The van der Waals surface area contributed by atoms with Crippen molar-refractivity contribution in [3.05, 3.63) is 47.8 Å². The minimum Gasteiger partial charge on any atom is -0.470 e. The number of ether oxygens (including phenoxy) is 1. The molecule has 0 amide bonds. The minimum absolute atomic E-state index is 0.207. The minimum atomic E-state index is -4.66. The van der Waals surface area contributed by atoms with Gasteiger partial charge in [-0.1, -0.05) is 30.3 Å². The van der Waals surface area contributed by atoms with Gasteiger partial charge in [0, 0.05) is 6.07 Å². The zero-order valence-corrected chi connectivity index (χ0v) is 10.6. The molecule has 20 heavy (non-hydrogen) atoms. The van der Waals surface area contributed by atoms with Crippen LogP contribution in [0.4, 0.5) is 19.0 Å². The van der Waals surface area contributed by atoms with Crippen molar-refractivity contribution in [2.24, 2.45) is 0 Å². The molecular formula is C13H12F3N3O. The van der Waals surface area contributed by atoms with Crippen LogP contribution in [-0.4, -0.2) is 9.97 Å². The normalized spacial score (nSPS) is 13.0. The Morgan fingerprint density at radius 3 is 2.40 bits per heavy atom. The number of aromatic nitrogens is 2. The van der Waals surface area contributed by atoms with Crippen molar-refractivity contribution in [1.82, 2.24) is 9.97 Å². The molecule has 1 heterocycles. The van der Waals surface area contributed by atoms with E-state index in [1.165, 1.54) is 0 Å². The first-order chi connectivity index (χ1) is 9.36. The first kappa shape index (κ1) is 14.1. The maximum absolute atomic E-state index is 12.6. The van der Waals surface area contributed by atoms with Gasteiger partial charge in [-0.2, -0.15) is 18.2 Å². The zero-order valence-electron chi connectivity index (χ0n) is 10.6. The fraction of sp³-hybridized carbons (Fsp3) is 0.231. The number of rotatable bonds is 3. The van der Waals surface area contributed by atoms with Crippen molar-refractivity contribution in [1.29, 1.82) is 0 Å². The third-order valence-corrected chi connectivity index (χ3v) is 2.54. The molecule has 2 aromatic rings. The highest BCUT2D eigenvalue weighted by Crippen LogP contribution is 2.29. The van der Waals surface area contributed by atoms with E-state index in [9.17, 15) is 13.2 Å². The Morgan fingerprint density at radius 1 is 1.15 bits per heavy atom. The van der Waals surface area contributed by atoms with Crippen molar-refractivity contribution in [2.45, 2.75) is 19.2 Å². The first-order valence-electron chi connectivity index (χ1n) is 5.79. The molecular weight excluding hydrogens is 271 g/mol. The summed E-state index contributed by atoms with van der Waals surface area (Å²) in [5, 5.41) is 0. The molecule has 0 saturated heterocycles. The standard InChI is InChI=1S/C13H12F3N3O/c1-8(9-5-3-2-4-6-9)20-11-7-10(17)18-12(19-11)13(14,15)16/h2-8H,1H3,(H2,17,18,19). The predicted molar refractivity (Wildman–Crippen MR) is 66.9 cm³/mol. The Kier molecular flexibility index (Phi) is 3.78. The van der Waals surface area contributed by atoms with E-state index in [1.54, 1.807) is 19.1 Å². The van der Waals surface area contributed by atoms with E-state index in [0.717, 1.165) is 11.6 Å². The van der Waals surface area contributed by atoms with Gasteiger partial charge in [-0.15, -0.1) is 0 Å². The van der Waals surface area contributed by atoms with Crippen molar-refractivity contribution >= 4 is 5.82 Å². The highest BCUT2D eigenvalue weighted by molar-refractivity contribution is 5.33. The van der Waals surface area contributed by atoms with E-state index in [2.05, 4.69) is 9.97 Å². The van der Waals surface area contributed by atoms with Crippen LogP contribution in [0.5, 0.6) is 5.88 Å². The Hall–Kier alpha value is -2.31. The van der Waals surface area contributed by atoms with Crippen LogP contribution in [0, 0.1) is 0 Å². The molecule has 0 saturated carbocycles. The molecule has 4 nitrogen and oxygen atoms in total. The summed E-state index contributed by atoms with van der Waals surface area (Å²) in [6.45, 7) is 1.71. The molecule has 7 heteroatoms. The molecule has 0 fully saturated rings. The molecule has 0 radical (unpaired) electrons. The van der Waals surface area contributed by atoms with Crippen LogP contribution < -0.4 is 10.5 Å². The zero-order chi connectivity index (χ0) is 14.8.